The van der Waals surface area contributed by atoms with E-state index in [0.717, 1.165) is 17.7 Å². The van der Waals surface area contributed by atoms with Crippen molar-refractivity contribution in [1.82, 2.24) is 0 Å². The van der Waals surface area contributed by atoms with Crippen LogP contribution < -0.4 is 15.0 Å². The van der Waals surface area contributed by atoms with E-state index >= 15 is 0 Å². The highest BCUT2D eigenvalue weighted by Gasteiger charge is 2.42. The van der Waals surface area contributed by atoms with Gasteiger partial charge >= 0.3 is 0 Å². The van der Waals surface area contributed by atoms with Crippen LogP contribution in [0.25, 0.3) is 5.57 Å². The second kappa shape index (κ2) is 8.43. The second-order valence-electron chi connectivity index (χ2n) is 7.08. The van der Waals surface area contributed by atoms with E-state index in [9.17, 15) is 18.4 Å². The van der Waals surface area contributed by atoms with E-state index in [1.807, 2.05) is 0 Å². The van der Waals surface area contributed by atoms with Crippen molar-refractivity contribution >= 4 is 40.4 Å². The molecule has 1 aliphatic heterocycles. The first-order valence-corrected chi connectivity index (χ1v) is 9.94. The maximum absolute atomic E-state index is 14.5. The number of halogens is 3. The Kier molecular flexibility index (Phi) is 5.67. The van der Waals surface area contributed by atoms with Gasteiger partial charge < -0.3 is 10.1 Å². The number of para-hydroxylation sites is 1. The molecule has 3 aromatic rings. The zero-order chi connectivity index (χ0) is 23.0. The van der Waals surface area contributed by atoms with Gasteiger partial charge in [0, 0.05) is 22.3 Å². The molecule has 0 spiro atoms. The number of anilines is 2. The van der Waals surface area contributed by atoms with Crippen LogP contribution in [0.2, 0.25) is 5.02 Å². The molecule has 0 saturated carbocycles. The van der Waals surface area contributed by atoms with Crippen molar-refractivity contribution < 1.29 is 23.1 Å². The molecule has 1 aliphatic rings. The number of nitrogens with one attached hydrogen (secondary N) is 1. The Hall–Kier alpha value is -3.71. The molecule has 0 bridgehead atoms. The highest BCUT2D eigenvalue weighted by molar-refractivity contribution is 6.46. The fraction of sp³-hybridized carbons (Fsp3) is 0.0833. The number of imide groups is 1. The van der Waals surface area contributed by atoms with Crippen molar-refractivity contribution in [3.8, 4) is 5.75 Å². The number of ether oxygens (including phenoxy) is 1. The van der Waals surface area contributed by atoms with Gasteiger partial charge in [0.1, 0.15) is 23.1 Å². The first-order valence-electron chi connectivity index (χ1n) is 9.56. The molecule has 0 aromatic heterocycles. The first kappa shape index (κ1) is 21.5. The number of methoxy groups -OCH3 is 1. The predicted octanol–water partition coefficient (Wildman–Crippen LogP) is 5.33. The van der Waals surface area contributed by atoms with Crippen LogP contribution in [0.1, 0.15) is 11.1 Å². The van der Waals surface area contributed by atoms with Crippen molar-refractivity contribution in [2.75, 3.05) is 17.3 Å². The van der Waals surface area contributed by atoms with Crippen LogP contribution in [-0.4, -0.2) is 18.9 Å². The quantitative estimate of drug-likeness (QED) is 0.529. The van der Waals surface area contributed by atoms with E-state index < -0.39 is 23.4 Å². The number of aryl methyl sites for hydroxylation is 1. The minimum atomic E-state index is -1.03. The summed E-state index contributed by atoms with van der Waals surface area (Å²) >= 11 is 6.03. The number of carbonyl (C=O) groups is 2. The summed E-state index contributed by atoms with van der Waals surface area (Å²) in [4.78, 5) is 27.5. The maximum atomic E-state index is 14.5. The molecule has 2 amide bonds. The molecule has 0 aliphatic carbocycles. The minimum Gasteiger partial charge on any atom is -0.496 e. The van der Waals surface area contributed by atoms with Gasteiger partial charge in [-0.15, -0.1) is 0 Å². The number of carbonyl (C=O) groups excluding carboxylic acids is 2. The SMILES string of the molecule is COc1ccccc1C1=C(Nc2ccc(Cl)cc2C)C(=O)N(c2ccc(F)cc2F)C1=O. The summed E-state index contributed by atoms with van der Waals surface area (Å²) in [6, 6.07) is 14.3. The lowest BCUT2D eigenvalue weighted by Gasteiger charge is -2.16. The van der Waals surface area contributed by atoms with E-state index in [0.29, 0.717) is 33.0 Å². The van der Waals surface area contributed by atoms with Gasteiger partial charge in [-0.3, -0.25) is 9.59 Å². The van der Waals surface area contributed by atoms with Crippen LogP contribution in [0.15, 0.2) is 66.4 Å². The van der Waals surface area contributed by atoms with E-state index in [1.165, 1.54) is 7.11 Å². The molecule has 3 aromatic carbocycles. The Morgan fingerprint density at radius 1 is 0.969 bits per heavy atom. The van der Waals surface area contributed by atoms with E-state index in [1.54, 1.807) is 49.4 Å². The molecular weight excluding hydrogens is 438 g/mol. The normalized spacial score (nSPS) is 13.7. The third-order valence-corrected chi connectivity index (χ3v) is 5.29. The van der Waals surface area contributed by atoms with Crippen molar-refractivity contribution in [2.24, 2.45) is 0 Å². The molecule has 8 heteroatoms. The summed E-state index contributed by atoms with van der Waals surface area (Å²) in [5.41, 5.74) is 1.22. The summed E-state index contributed by atoms with van der Waals surface area (Å²) < 4.78 is 33.3. The Bertz CT molecular complexity index is 1290. The van der Waals surface area contributed by atoms with Crippen molar-refractivity contribution in [2.45, 2.75) is 6.92 Å². The topological polar surface area (TPSA) is 58.6 Å². The average Bonchev–Trinajstić information content (AvgIpc) is 2.99. The van der Waals surface area contributed by atoms with Crippen LogP contribution in [0.5, 0.6) is 5.75 Å². The molecule has 5 nitrogen and oxygen atoms in total. The number of hydrogen-bond donors (Lipinski definition) is 1. The lowest BCUT2D eigenvalue weighted by molar-refractivity contribution is -0.120. The fourth-order valence-corrected chi connectivity index (χ4v) is 3.76. The second-order valence-corrected chi connectivity index (χ2v) is 7.51. The molecule has 0 radical (unpaired) electrons. The monoisotopic (exact) mass is 454 g/mol. The van der Waals surface area contributed by atoms with Gasteiger partial charge in [0.05, 0.1) is 18.4 Å². The van der Waals surface area contributed by atoms with Crippen LogP contribution >= 0.6 is 11.6 Å². The fourth-order valence-electron chi connectivity index (χ4n) is 3.53. The number of benzene rings is 3. The van der Waals surface area contributed by atoms with Crippen LogP contribution in [0, 0.1) is 18.6 Å². The summed E-state index contributed by atoms with van der Waals surface area (Å²) in [6.45, 7) is 1.79. The zero-order valence-corrected chi connectivity index (χ0v) is 17.8. The smallest absolute Gasteiger partial charge is 0.282 e. The number of amides is 2. The molecular formula is C24H17ClF2N2O3. The van der Waals surface area contributed by atoms with Crippen molar-refractivity contribution in [3.05, 3.63) is 94.1 Å². The van der Waals surface area contributed by atoms with Gasteiger partial charge in [0.25, 0.3) is 11.8 Å². The first-order chi connectivity index (χ1) is 15.3. The molecule has 0 atom stereocenters. The number of nitrogens with zero attached hydrogens (tertiary/aromatic N) is 1. The summed E-state index contributed by atoms with van der Waals surface area (Å²) in [6.07, 6.45) is 0. The van der Waals surface area contributed by atoms with Gasteiger partial charge in [-0.2, -0.15) is 0 Å². The molecule has 4 rings (SSSR count). The summed E-state index contributed by atoms with van der Waals surface area (Å²) in [5.74, 6) is -3.04. The molecule has 0 fully saturated rings. The van der Waals surface area contributed by atoms with Gasteiger partial charge in [-0.05, 0) is 48.9 Å². The minimum absolute atomic E-state index is 0.00512. The maximum Gasteiger partial charge on any atom is 0.282 e. The van der Waals surface area contributed by atoms with Gasteiger partial charge in [0.2, 0.25) is 0 Å². The summed E-state index contributed by atoms with van der Waals surface area (Å²) in [7, 11) is 1.44. The standard InChI is InChI=1S/C24H17ClF2N2O3/c1-13-11-14(25)7-9-18(13)28-22-21(16-5-3-4-6-20(16)32-2)23(30)29(24(22)31)19-10-8-15(26)12-17(19)27/h3-12,28H,1-2H3. The highest BCUT2D eigenvalue weighted by atomic mass is 35.5. The molecule has 162 valence electrons. The molecule has 32 heavy (non-hydrogen) atoms. The molecule has 1 N–H and O–H groups in total. The Labute approximate surface area is 187 Å². The largest absolute Gasteiger partial charge is 0.496 e. The Morgan fingerprint density at radius 2 is 1.72 bits per heavy atom. The van der Waals surface area contributed by atoms with Crippen LogP contribution in [0.4, 0.5) is 20.2 Å². The van der Waals surface area contributed by atoms with Gasteiger partial charge in [-0.1, -0.05) is 29.8 Å². The van der Waals surface area contributed by atoms with Gasteiger partial charge in [-0.25, -0.2) is 13.7 Å². The Balaban J connectivity index is 1.89. The van der Waals surface area contributed by atoms with Crippen molar-refractivity contribution in [1.29, 1.82) is 0 Å². The van der Waals surface area contributed by atoms with Crippen LogP contribution in [-0.2, 0) is 9.59 Å². The van der Waals surface area contributed by atoms with Crippen molar-refractivity contribution in [3.63, 3.8) is 0 Å². The highest BCUT2D eigenvalue weighted by Crippen LogP contribution is 2.38. The van der Waals surface area contributed by atoms with Gasteiger partial charge in [0.15, 0.2) is 0 Å². The number of hydrogen-bond acceptors (Lipinski definition) is 4. The third-order valence-electron chi connectivity index (χ3n) is 5.06. The van der Waals surface area contributed by atoms with E-state index in [-0.39, 0.29) is 17.0 Å². The van der Waals surface area contributed by atoms with Crippen LogP contribution in [0.3, 0.4) is 0 Å². The van der Waals surface area contributed by atoms with E-state index in [2.05, 4.69) is 5.32 Å². The van der Waals surface area contributed by atoms with E-state index in [4.69, 9.17) is 16.3 Å². The predicted molar refractivity (Wildman–Crippen MR) is 119 cm³/mol. The third kappa shape index (κ3) is 3.71. The molecule has 0 unspecified atom stereocenters. The molecule has 0 saturated heterocycles. The molecule has 1 heterocycles. The average molecular weight is 455 g/mol. The zero-order valence-electron chi connectivity index (χ0n) is 17.1. The lowest BCUT2D eigenvalue weighted by atomic mass is 10.0. The Morgan fingerprint density at radius 3 is 2.41 bits per heavy atom. The lowest BCUT2D eigenvalue weighted by Crippen LogP contribution is -2.33. The summed E-state index contributed by atoms with van der Waals surface area (Å²) in [5, 5.41) is 3.51. The number of rotatable bonds is 5.